The van der Waals surface area contributed by atoms with E-state index >= 15 is 0 Å². The third-order valence-corrected chi connectivity index (χ3v) is 2.85. The first-order valence-corrected chi connectivity index (χ1v) is 5.77. The monoisotopic (exact) mass is 266 g/mol. The molecule has 2 aromatic rings. The van der Waals surface area contributed by atoms with Crippen molar-refractivity contribution in [3.8, 4) is 11.6 Å². The molecule has 2 N–H and O–H groups in total. The van der Waals surface area contributed by atoms with Gasteiger partial charge in [-0.05, 0) is 36.8 Å². The van der Waals surface area contributed by atoms with E-state index in [0.717, 1.165) is 11.1 Å². The van der Waals surface area contributed by atoms with Crippen LogP contribution in [0.2, 0.25) is 5.02 Å². The average Bonchev–Trinajstić information content (AvgIpc) is 2.33. The van der Waals surface area contributed by atoms with Gasteiger partial charge in [0.05, 0.1) is 5.02 Å². The van der Waals surface area contributed by atoms with E-state index in [-0.39, 0.29) is 5.02 Å². The molecule has 18 heavy (non-hydrogen) atoms. The summed E-state index contributed by atoms with van der Waals surface area (Å²) in [5.74, 6) is 0.334. The predicted octanol–water partition coefficient (Wildman–Crippen LogP) is 3.43. The van der Waals surface area contributed by atoms with E-state index in [1.54, 1.807) is 6.20 Å². The molecule has 2 rings (SSSR count). The SMILES string of the molecule is Cc1ccnc(Oc2ccc(F)cc2Cl)c1CN. The normalized spacial score (nSPS) is 10.4. The fraction of sp³-hybridized carbons (Fsp3) is 0.154. The van der Waals surface area contributed by atoms with Gasteiger partial charge in [0.15, 0.2) is 0 Å². The van der Waals surface area contributed by atoms with Crippen LogP contribution in [0.25, 0.3) is 0 Å². The van der Waals surface area contributed by atoms with Gasteiger partial charge < -0.3 is 10.5 Å². The highest BCUT2D eigenvalue weighted by molar-refractivity contribution is 6.32. The van der Waals surface area contributed by atoms with Crippen molar-refractivity contribution in [2.24, 2.45) is 5.73 Å². The second-order valence-electron chi connectivity index (χ2n) is 3.79. The number of ether oxygens (including phenoxy) is 1. The van der Waals surface area contributed by atoms with Crippen molar-refractivity contribution < 1.29 is 9.13 Å². The molecule has 3 nitrogen and oxygen atoms in total. The Morgan fingerprint density at radius 2 is 2.17 bits per heavy atom. The Hall–Kier alpha value is -1.65. The zero-order valence-electron chi connectivity index (χ0n) is 9.78. The summed E-state index contributed by atoms with van der Waals surface area (Å²) in [4.78, 5) is 4.11. The maximum absolute atomic E-state index is 12.9. The van der Waals surface area contributed by atoms with E-state index in [9.17, 15) is 4.39 Å². The Morgan fingerprint density at radius 3 is 2.83 bits per heavy atom. The Balaban J connectivity index is 2.37. The number of aryl methyl sites for hydroxylation is 1. The molecule has 0 amide bonds. The van der Waals surface area contributed by atoms with Gasteiger partial charge in [-0.3, -0.25) is 0 Å². The number of nitrogens with two attached hydrogens (primary N) is 1. The molecule has 0 fully saturated rings. The number of hydrogen-bond acceptors (Lipinski definition) is 3. The largest absolute Gasteiger partial charge is 0.437 e. The molecule has 0 aliphatic rings. The number of halogens is 2. The average molecular weight is 267 g/mol. The van der Waals surface area contributed by atoms with Gasteiger partial charge in [0.2, 0.25) is 5.88 Å². The first kappa shape index (κ1) is 12.8. The van der Waals surface area contributed by atoms with E-state index in [1.165, 1.54) is 18.2 Å². The van der Waals surface area contributed by atoms with E-state index in [0.29, 0.717) is 18.2 Å². The lowest BCUT2D eigenvalue weighted by molar-refractivity contribution is 0.454. The number of benzene rings is 1. The fourth-order valence-electron chi connectivity index (χ4n) is 1.56. The number of pyridine rings is 1. The molecule has 5 heteroatoms. The van der Waals surface area contributed by atoms with Crippen LogP contribution in [-0.2, 0) is 6.54 Å². The molecule has 0 unspecified atom stereocenters. The maximum atomic E-state index is 12.9. The molecular weight excluding hydrogens is 255 g/mol. The molecule has 1 heterocycles. The highest BCUT2D eigenvalue weighted by Gasteiger charge is 2.10. The summed E-state index contributed by atoms with van der Waals surface area (Å²) in [5, 5.41) is 0.196. The summed E-state index contributed by atoms with van der Waals surface area (Å²) in [7, 11) is 0. The minimum absolute atomic E-state index is 0.196. The summed E-state index contributed by atoms with van der Waals surface area (Å²) in [6.07, 6.45) is 1.63. The molecule has 94 valence electrons. The standard InChI is InChI=1S/C13H12ClFN2O/c1-8-4-5-17-13(10(8)7-16)18-12-3-2-9(15)6-11(12)14/h2-6H,7,16H2,1H3. The molecule has 0 aliphatic heterocycles. The zero-order chi connectivity index (χ0) is 13.1. The van der Waals surface area contributed by atoms with E-state index in [2.05, 4.69) is 4.98 Å². The second-order valence-corrected chi connectivity index (χ2v) is 4.20. The van der Waals surface area contributed by atoms with Gasteiger partial charge in [-0.25, -0.2) is 9.37 Å². The zero-order valence-corrected chi connectivity index (χ0v) is 10.5. The van der Waals surface area contributed by atoms with Gasteiger partial charge in [0.1, 0.15) is 11.6 Å². The number of hydrogen-bond donors (Lipinski definition) is 1. The lowest BCUT2D eigenvalue weighted by Gasteiger charge is -2.11. The van der Waals surface area contributed by atoms with Crippen molar-refractivity contribution in [3.05, 3.63) is 52.4 Å². The van der Waals surface area contributed by atoms with Crippen LogP contribution in [0.15, 0.2) is 30.5 Å². The quantitative estimate of drug-likeness (QED) is 0.926. The van der Waals surface area contributed by atoms with Crippen LogP contribution in [0.1, 0.15) is 11.1 Å². The highest BCUT2D eigenvalue weighted by atomic mass is 35.5. The van der Waals surface area contributed by atoms with Crippen molar-refractivity contribution in [3.63, 3.8) is 0 Å². The summed E-state index contributed by atoms with van der Waals surface area (Å²) in [6, 6.07) is 5.78. The Kier molecular flexibility index (Phi) is 3.79. The third kappa shape index (κ3) is 2.60. The minimum atomic E-state index is -0.413. The van der Waals surface area contributed by atoms with Crippen molar-refractivity contribution in [1.82, 2.24) is 4.98 Å². The molecule has 0 spiro atoms. The predicted molar refractivity (Wildman–Crippen MR) is 68.3 cm³/mol. The van der Waals surface area contributed by atoms with E-state index in [4.69, 9.17) is 22.1 Å². The summed E-state index contributed by atoms with van der Waals surface area (Å²) in [5.41, 5.74) is 7.44. The van der Waals surface area contributed by atoms with Crippen molar-refractivity contribution in [2.45, 2.75) is 13.5 Å². The van der Waals surface area contributed by atoms with Crippen molar-refractivity contribution >= 4 is 11.6 Å². The van der Waals surface area contributed by atoms with E-state index < -0.39 is 5.82 Å². The lowest BCUT2D eigenvalue weighted by Crippen LogP contribution is -2.03. The molecular formula is C13H12ClFN2O. The fourth-order valence-corrected chi connectivity index (χ4v) is 1.77. The Bertz CT molecular complexity index is 575. The summed E-state index contributed by atoms with van der Waals surface area (Å²) >= 11 is 5.89. The Morgan fingerprint density at radius 1 is 1.39 bits per heavy atom. The highest BCUT2D eigenvalue weighted by Crippen LogP contribution is 2.31. The third-order valence-electron chi connectivity index (χ3n) is 2.56. The molecule has 0 bridgehead atoms. The number of aromatic nitrogens is 1. The minimum Gasteiger partial charge on any atom is -0.437 e. The molecule has 0 radical (unpaired) electrons. The van der Waals surface area contributed by atoms with Crippen LogP contribution >= 0.6 is 11.6 Å². The molecule has 0 atom stereocenters. The molecule has 0 saturated heterocycles. The van der Waals surface area contributed by atoms with Crippen molar-refractivity contribution in [1.29, 1.82) is 0 Å². The van der Waals surface area contributed by atoms with Crippen molar-refractivity contribution in [2.75, 3.05) is 0 Å². The van der Waals surface area contributed by atoms with Gasteiger partial charge in [0.25, 0.3) is 0 Å². The number of rotatable bonds is 3. The molecule has 0 aliphatic carbocycles. The topological polar surface area (TPSA) is 48.1 Å². The van der Waals surface area contributed by atoms with Gasteiger partial charge >= 0.3 is 0 Å². The van der Waals surface area contributed by atoms with Gasteiger partial charge in [-0.2, -0.15) is 0 Å². The maximum Gasteiger partial charge on any atom is 0.224 e. The first-order chi connectivity index (χ1) is 8.61. The summed E-state index contributed by atoms with van der Waals surface area (Å²) in [6.45, 7) is 2.23. The molecule has 1 aromatic heterocycles. The van der Waals surface area contributed by atoms with Crippen LogP contribution < -0.4 is 10.5 Å². The van der Waals surface area contributed by atoms with Crippen LogP contribution in [-0.4, -0.2) is 4.98 Å². The lowest BCUT2D eigenvalue weighted by atomic mass is 10.1. The Labute approximate surface area is 109 Å². The second kappa shape index (κ2) is 5.33. The van der Waals surface area contributed by atoms with Crippen LogP contribution in [0.3, 0.4) is 0 Å². The molecule has 1 aromatic carbocycles. The van der Waals surface area contributed by atoms with Gasteiger partial charge in [0, 0.05) is 18.3 Å². The smallest absolute Gasteiger partial charge is 0.224 e. The van der Waals surface area contributed by atoms with Crippen LogP contribution in [0.5, 0.6) is 11.6 Å². The molecule has 0 saturated carbocycles. The van der Waals surface area contributed by atoms with Crippen LogP contribution in [0.4, 0.5) is 4.39 Å². The first-order valence-electron chi connectivity index (χ1n) is 5.39. The van der Waals surface area contributed by atoms with E-state index in [1.807, 2.05) is 13.0 Å². The number of nitrogens with zero attached hydrogens (tertiary/aromatic N) is 1. The summed E-state index contributed by atoms with van der Waals surface area (Å²) < 4.78 is 18.5. The van der Waals surface area contributed by atoms with Gasteiger partial charge in [-0.1, -0.05) is 11.6 Å². The van der Waals surface area contributed by atoms with Crippen LogP contribution in [0, 0.1) is 12.7 Å². The van der Waals surface area contributed by atoms with Gasteiger partial charge in [-0.15, -0.1) is 0 Å².